The number of anilines is 3. The van der Waals surface area contributed by atoms with Gasteiger partial charge in [0.1, 0.15) is 29.8 Å². The summed E-state index contributed by atoms with van der Waals surface area (Å²) >= 11 is 18.4. The Morgan fingerprint density at radius 3 is 1.55 bits per heavy atom. The van der Waals surface area contributed by atoms with Crippen LogP contribution in [0.2, 0.25) is 15.1 Å². The molecule has 8 N–H and O–H groups in total. The summed E-state index contributed by atoms with van der Waals surface area (Å²) in [6, 6.07) is 46.6. The zero-order chi connectivity index (χ0) is 67.5. The lowest BCUT2D eigenvalue weighted by Gasteiger charge is -2.25. The number of fused-ring (bicyclic) bond motifs is 3. The smallest absolute Gasteiger partial charge is 0.251 e. The van der Waals surface area contributed by atoms with Crippen molar-refractivity contribution in [2.75, 3.05) is 51.0 Å². The highest BCUT2D eigenvalue weighted by atomic mass is 35.5. The molecule has 0 spiro atoms. The molecule has 1 aliphatic rings. The number of H-pyrrole nitrogens is 1. The van der Waals surface area contributed by atoms with Gasteiger partial charge in [-0.25, -0.2) is 19.9 Å². The van der Waals surface area contributed by atoms with Crippen LogP contribution in [0, 0.1) is 47.4 Å². The van der Waals surface area contributed by atoms with Gasteiger partial charge in [0.05, 0.1) is 23.0 Å². The van der Waals surface area contributed by atoms with E-state index in [2.05, 4.69) is 77.6 Å². The number of likely N-dealkylation sites (N-methyl/N-ethyl adjacent to an activating group) is 1. The summed E-state index contributed by atoms with van der Waals surface area (Å²) in [5.74, 6) is 22.1. The summed E-state index contributed by atoms with van der Waals surface area (Å²) in [5.41, 5.74) is 26.5. The number of rotatable bonds is 15. The number of carbonyl (C=O) groups excluding carboxylic acids is 3. The normalized spacial score (nSPS) is 13.1. The number of nitrogens with one attached hydrogen (secondary N) is 2. The highest BCUT2D eigenvalue weighted by Gasteiger charge is 2.22. The highest BCUT2D eigenvalue weighted by Crippen LogP contribution is 2.32. The van der Waals surface area contributed by atoms with Crippen LogP contribution in [0.1, 0.15) is 121 Å². The zero-order valence-corrected chi connectivity index (χ0v) is 55.8. The molecule has 12 rings (SSSR count). The fraction of sp³-hybridized carbons (Fsp3) is 0.203. The van der Waals surface area contributed by atoms with E-state index in [1.165, 1.54) is 25.7 Å². The van der Waals surface area contributed by atoms with Crippen molar-refractivity contribution < 1.29 is 19.1 Å². The van der Waals surface area contributed by atoms with Gasteiger partial charge < -0.3 is 37.1 Å². The second-order valence-electron chi connectivity index (χ2n) is 23.8. The van der Waals surface area contributed by atoms with Crippen molar-refractivity contribution in [1.82, 2.24) is 35.1 Å². The monoisotopic (exact) mass is 1330 g/mol. The highest BCUT2D eigenvalue weighted by molar-refractivity contribution is 6.32. The van der Waals surface area contributed by atoms with Crippen molar-refractivity contribution in [2.24, 2.45) is 11.8 Å². The molecule has 11 aromatic rings. The number of nitrogens with two attached hydrogens (primary N) is 3. The van der Waals surface area contributed by atoms with E-state index in [1.54, 1.807) is 55.4 Å². The van der Waals surface area contributed by atoms with Crippen LogP contribution in [0.25, 0.3) is 32.3 Å². The molecule has 4 heterocycles. The summed E-state index contributed by atoms with van der Waals surface area (Å²) < 4.78 is 5.72. The predicted molar refractivity (Wildman–Crippen MR) is 389 cm³/mol. The number of aryl methyl sites for hydroxylation is 1. The molecule has 0 atom stereocenters. The molecule has 14 nitrogen and oxygen atoms in total. The molecular formula is C79H71Cl3N10O4. The molecule has 1 amide bonds. The number of nitrogens with zero attached hydrogens (tertiary/aromatic N) is 5. The minimum atomic E-state index is -0.156. The SMILES string of the molecule is CC1CCC(CC(=O)c2ccc(C#Cc3c(N)ncc4ccc(Cl)cc34)cc2)CC1.CN(C)CCOc1ccc(CCC(=O)c2ccc(C#Cc3c(N)ncc4ccc(Cl)cc34)cc2)cc1.Nc1ncc2ccc(Cl)cc2c1C#Cc1cccc(C(=O)NCCc2cnc[nH]2)c1. The van der Waals surface area contributed by atoms with Gasteiger partial charge in [0.2, 0.25) is 0 Å². The Bertz CT molecular complexity index is 4770. The molecule has 4 aromatic heterocycles. The van der Waals surface area contributed by atoms with Crippen LogP contribution in [0.3, 0.4) is 0 Å². The molecular weight excluding hydrogens is 1260 g/mol. The molecule has 1 fully saturated rings. The van der Waals surface area contributed by atoms with Crippen molar-refractivity contribution in [3.63, 3.8) is 0 Å². The van der Waals surface area contributed by atoms with Crippen molar-refractivity contribution >= 4 is 102 Å². The summed E-state index contributed by atoms with van der Waals surface area (Å²) in [4.78, 5) is 59.5. The van der Waals surface area contributed by atoms with Gasteiger partial charge in [-0.3, -0.25) is 14.4 Å². The summed E-state index contributed by atoms with van der Waals surface area (Å²) in [6.07, 6.45) is 15.7. The molecule has 7 aromatic carbocycles. The Kier molecular flexibility index (Phi) is 23.5. The van der Waals surface area contributed by atoms with E-state index in [0.29, 0.717) is 111 Å². The number of amides is 1. The molecule has 482 valence electrons. The van der Waals surface area contributed by atoms with Crippen LogP contribution in [0.5, 0.6) is 5.75 Å². The number of nitrogen functional groups attached to an aromatic ring is 3. The number of ketones is 2. The number of halogens is 3. The molecule has 0 saturated heterocycles. The lowest BCUT2D eigenvalue weighted by molar-refractivity contribution is 0.0939. The molecule has 96 heavy (non-hydrogen) atoms. The van der Waals surface area contributed by atoms with Gasteiger partial charge in [0, 0.05) is 144 Å². The number of aromatic nitrogens is 5. The van der Waals surface area contributed by atoms with Crippen LogP contribution in [-0.2, 0) is 12.8 Å². The first-order valence-electron chi connectivity index (χ1n) is 31.5. The average molecular weight is 1330 g/mol. The second kappa shape index (κ2) is 33.1. The summed E-state index contributed by atoms with van der Waals surface area (Å²) in [7, 11) is 4.03. The minimum Gasteiger partial charge on any atom is -0.492 e. The maximum absolute atomic E-state index is 12.7. The van der Waals surface area contributed by atoms with Crippen molar-refractivity contribution in [3.05, 3.63) is 259 Å². The third kappa shape index (κ3) is 19.1. The first-order chi connectivity index (χ1) is 46.5. The second-order valence-corrected chi connectivity index (χ2v) is 25.1. The average Bonchev–Trinajstić information content (AvgIpc) is 0.889. The summed E-state index contributed by atoms with van der Waals surface area (Å²) in [5, 5.41) is 10.1. The van der Waals surface area contributed by atoms with E-state index in [-0.39, 0.29) is 17.5 Å². The minimum absolute atomic E-state index is 0.0953. The molecule has 17 heteroatoms. The number of aromatic amines is 1. The number of carbonyl (C=O) groups is 3. The number of ether oxygens (including phenoxy) is 1. The van der Waals surface area contributed by atoms with Gasteiger partial charge in [-0.15, -0.1) is 0 Å². The van der Waals surface area contributed by atoms with Crippen LogP contribution < -0.4 is 27.3 Å². The third-order valence-corrected chi connectivity index (χ3v) is 17.1. The number of Topliss-reactive ketones (excluding diaryl/α,β-unsaturated/α-hetero) is 2. The lowest BCUT2D eigenvalue weighted by atomic mass is 9.80. The Balaban J connectivity index is 0.000000157. The maximum Gasteiger partial charge on any atom is 0.251 e. The lowest BCUT2D eigenvalue weighted by Crippen LogP contribution is -2.25. The standard InChI is InChI=1S/C30H28ClN3O2.C26H25ClN2O.C23H18ClN5O/c1-34(2)17-18-36-26-13-5-22(6-14-26)8-16-29(35)23-9-3-21(4-10-23)7-15-27-28-19-25(31)12-11-24(28)20-33-30(27)32;1-17-2-4-19(5-3-17)14-25(30)20-9-6-18(7-10-20)8-13-23-24-15-22(27)12-11-21(24)16-29-26(23)28;24-18-6-5-17-12-28-22(25)20(21(17)11-18)7-4-15-2-1-3-16(10-15)23(30)27-9-8-19-13-26-14-29-19/h3-6,9-14,19-20H,8,16-18H2,1-2H3,(H2,32,33);6-7,9-12,15-17,19H,2-5,14H2,1H3,(H2,28,29);1-3,5-6,10-14H,8-9H2,(H2,25,28)(H,26,29)(H,27,30). The Morgan fingerprint density at radius 2 is 1.06 bits per heavy atom. The molecule has 0 aliphatic heterocycles. The van der Waals surface area contributed by atoms with Crippen LogP contribution >= 0.6 is 34.8 Å². The van der Waals surface area contributed by atoms with Crippen molar-refractivity contribution in [2.45, 2.75) is 58.3 Å². The Morgan fingerprint density at radius 1 is 0.562 bits per heavy atom. The maximum atomic E-state index is 12.7. The number of pyridine rings is 3. The Labute approximate surface area is 574 Å². The molecule has 1 saturated carbocycles. The third-order valence-electron chi connectivity index (χ3n) is 16.4. The van der Waals surface area contributed by atoms with E-state index in [1.807, 2.05) is 141 Å². The fourth-order valence-corrected chi connectivity index (χ4v) is 11.4. The number of benzene rings is 7. The van der Waals surface area contributed by atoms with E-state index in [0.717, 1.165) is 78.5 Å². The first-order valence-corrected chi connectivity index (χ1v) is 32.7. The number of hydrogen-bond acceptors (Lipinski definition) is 12. The predicted octanol–water partition coefficient (Wildman–Crippen LogP) is 15.5. The van der Waals surface area contributed by atoms with Gasteiger partial charge >= 0.3 is 0 Å². The first kappa shape index (κ1) is 68.4. The van der Waals surface area contributed by atoms with Crippen molar-refractivity contribution in [3.8, 4) is 41.3 Å². The molecule has 0 radical (unpaired) electrons. The van der Waals surface area contributed by atoms with Crippen LogP contribution in [0.4, 0.5) is 17.5 Å². The van der Waals surface area contributed by atoms with E-state index < -0.39 is 0 Å². The van der Waals surface area contributed by atoms with E-state index >= 15 is 0 Å². The van der Waals surface area contributed by atoms with Gasteiger partial charge in [0.25, 0.3) is 5.91 Å². The van der Waals surface area contributed by atoms with Crippen LogP contribution in [-0.4, -0.2) is 81.1 Å². The fourth-order valence-electron chi connectivity index (χ4n) is 10.9. The quantitative estimate of drug-likeness (QED) is 0.0478. The largest absolute Gasteiger partial charge is 0.492 e. The molecule has 1 aliphatic carbocycles. The number of imidazole rings is 1. The summed E-state index contributed by atoms with van der Waals surface area (Å²) in [6.45, 7) is 4.32. The van der Waals surface area contributed by atoms with Gasteiger partial charge in [0.15, 0.2) is 11.6 Å². The van der Waals surface area contributed by atoms with Gasteiger partial charge in [-0.1, -0.05) is 151 Å². The van der Waals surface area contributed by atoms with E-state index in [9.17, 15) is 14.4 Å². The van der Waals surface area contributed by atoms with Crippen LogP contribution in [0.15, 0.2) is 183 Å². The van der Waals surface area contributed by atoms with Gasteiger partial charge in [-0.05, 0) is 142 Å². The molecule has 0 bridgehead atoms. The number of hydrogen-bond donors (Lipinski definition) is 5. The van der Waals surface area contributed by atoms with E-state index in [4.69, 9.17) is 56.7 Å². The zero-order valence-electron chi connectivity index (χ0n) is 53.5. The molecule has 0 unspecified atom stereocenters. The Hall–Kier alpha value is -10.5. The topological polar surface area (TPSA) is 221 Å². The van der Waals surface area contributed by atoms with Crippen molar-refractivity contribution in [1.29, 1.82) is 0 Å². The van der Waals surface area contributed by atoms with Gasteiger partial charge in [-0.2, -0.15) is 0 Å².